The van der Waals surface area contributed by atoms with E-state index in [2.05, 4.69) is 20.6 Å². The average Bonchev–Trinajstić information content (AvgIpc) is 3.15. The number of nitrogens with one attached hydrogen (secondary N) is 2. The van der Waals surface area contributed by atoms with Crippen LogP contribution in [0.25, 0.3) is 0 Å². The summed E-state index contributed by atoms with van der Waals surface area (Å²) in [5.74, 6) is 1.40. The molecule has 1 aromatic carbocycles. The number of rotatable bonds is 7. The zero-order valence-corrected chi connectivity index (χ0v) is 14.5. The number of anilines is 1. The Hall–Kier alpha value is -2.63. The first-order chi connectivity index (χ1) is 12.2. The first-order valence-corrected chi connectivity index (χ1v) is 8.74. The van der Waals surface area contributed by atoms with Gasteiger partial charge in [-0.2, -0.15) is 0 Å². The summed E-state index contributed by atoms with van der Waals surface area (Å²) in [6.45, 7) is 0.729. The number of carbonyl (C=O) groups excluding carboxylic acids is 1. The highest BCUT2D eigenvalue weighted by Crippen LogP contribution is 2.18. The smallest absolute Gasteiger partial charge is 0.270 e. The lowest BCUT2D eigenvalue weighted by atomic mass is 10.1. The Morgan fingerprint density at radius 2 is 1.96 bits per heavy atom. The molecular weight excluding hydrogens is 316 g/mol. The third-order valence-electron chi connectivity index (χ3n) is 4.47. The Bertz CT molecular complexity index is 697. The normalized spacial score (nSPS) is 14.3. The number of aromatic nitrogens is 2. The van der Waals surface area contributed by atoms with Crippen LogP contribution in [0, 0.1) is 0 Å². The van der Waals surface area contributed by atoms with Gasteiger partial charge in [0.05, 0.1) is 7.11 Å². The summed E-state index contributed by atoms with van der Waals surface area (Å²) in [5.41, 5.74) is 1.62. The fourth-order valence-corrected chi connectivity index (χ4v) is 3.03. The summed E-state index contributed by atoms with van der Waals surface area (Å²) in [6.07, 6.45) is 6.78. The van der Waals surface area contributed by atoms with Gasteiger partial charge in [-0.1, -0.05) is 25.0 Å². The Labute approximate surface area is 148 Å². The molecule has 1 fully saturated rings. The van der Waals surface area contributed by atoms with Gasteiger partial charge in [0.15, 0.2) is 0 Å². The first kappa shape index (κ1) is 17.2. The first-order valence-electron chi connectivity index (χ1n) is 8.74. The largest absolute Gasteiger partial charge is 0.497 e. The number of benzene rings is 1. The van der Waals surface area contributed by atoms with E-state index in [1.807, 2.05) is 24.3 Å². The van der Waals surface area contributed by atoms with E-state index in [0.29, 0.717) is 11.5 Å². The van der Waals surface area contributed by atoms with Crippen molar-refractivity contribution in [2.45, 2.75) is 38.1 Å². The molecule has 0 bridgehead atoms. The Kier molecular flexibility index (Phi) is 5.82. The van der Waals surface area contributed by atoms with Crippen LogP contribution in [0.2, 0.25) is 0 Å². The van der Waals surface area contributed by atoms with E-state index in [1.54, 1.807) is 13.2 Å². The molecular formula is C19H24N4O2. The Morgan fingerprint density at radius 1 is 1.20 bits per heavy atom. The molecule has 132 valence electrons. The molecule has 2 N–H and O–H groups in total. The van der Waals surface area contributed by atoms with Crippen molar-refractivity contribution in [2.24, 2.45) is 0 Å². The highest BCUT2D eigenvalue weighted by molar-refractivity contribution is 5.93. The SMILES string of the molecule is COc1ccc(CCNc2cc(C(=O)NC3CCCC3)ncn2)cc1. The number of hydrogen-bond acceptors (Lipinski definition) is 5. The van der Waals surface area contributed by atoms with E-state index in [0.717, 1.165) is 31.6 Å². The molecule has 6 nitrogen and oxygen atoms in total. The molecule has 1 aliphatic rings. The maximum atomic E-state index is 12.3. The van der Waals surface area contributed by atoms with Crippen molar-refractivity contribution in [1.29, 1.82) is 0 Å². The molecule has 0 spiro atoms. The molecule has 25 heavy (non-hydrogen) atoms. The van der Waals surface area contributed by atoms with Crippen molar-refractivity contribution in [3.63, 3.8) is 0 Å². The molecule has 2 aromatic rings. The van der Waals surface area contributed by atoms with E-state index in [4.69, 9.17) is 4.74 Å². The Balaban J connectivity index is 1.51. The minimum Gasteiger partial charge on any atom is -0.497 e. The summed E-state index contributed by atoms with van der Waals surface area (Å²) < 4.78 is 5.16. The van der Waals surface area contributed by atoms with Crippen LogP contribution in [-0.2, 0) is 6.42 Å². The van der Waals surface area contributed by atoms with Crippen molar-refractivity contribution >= 4 is 11.7 Å². The number of nitrogens with zero attached hydrogens (tertiary/aromatic N) is 2. The van der Waals surface area contributed by atoms with E-state index in [9.17, 15) is 4.79 Å². The average molecular weight is 340 g/mol. The van der Waals surface area contributed by atoms with Gasteiger partial charge in [-0.15, -0.1) is 0 Å². The van der Waals surface area contributed by atoms with Crippen molar-refractivity contribution in [1.82, 2.24) is 15.3 Å². The lowest BCUT2D eigenvalue weighted by Gasteiger charge is -2.12. The fourth-order valence-electron chi connectivity index (χ4n) is 3.03. The quantitative estimate of drug-likeness (QED) is 0.810. The van der Waals surface area contributed by atoms with Gasteiger partial charge in [-0.3, -0.25) is 4.79 Å². The number of amides is 1. The number of carbonyl (C=O) groups is 1. The molecule has 3 rings (SSSR count). The third kappa shape index (κ3) is 4.92. The standard InChI is InChI=1S/C19H24N4O2/c1-25-16-8-6-14(7-9-16)10-11-20-18-12-17(21-13-22-18)19(24)23-15-4-2-3-5-15/h6-9,12-13,15H,2-5,10-11H2,1H3,(H,23,24)(H,20,21,22). The second-order valence-electron chi connectivity index (χ2n) is 6.27. The number of ether oxygens (including phenoxy) is 1. The van der Waals surface area contributed by atoms with Gasteiger partial charge < -0.3 is 15.4 Å². The fraction of sp³-hybridized carbons (Fsp3) is 0.421. The topological polar surface area (TPSA) is 76.1 Å². The molecule has 1 aliphatic carbocycles. The molecule has 6 heteroatoms. The van der Waals surface area contributed by atoms with Crippen molar-refractivity contribution in [2.75, 3.05) is 19.0 Å². The maximum Gasteiger partial charge on any atom is 0.270 e. The van der Waals surface area contributed by atoms with Gasteiger partial charge in [0, 0.05) is 18.7 Å². The molecule has 1 heterocycles. The second kappa shape index (κ2) is 8.46. The van der Waals surface area contributed by atoms with Crippen LogP contribution in [0.4, 0.5) is 5.82 Å². The predicted octanol–water partition coefficient (Wildman–Crippen LogP) is 2.81. The summed E-state index contributed by atoms with van der Waals surface area (Å²) in [5, 5.41) is 6.29. The van der Waals surface area contributed by atoms with Gasteiger partial charge >= 0.3 is 0 Å². The monoisotopic (exact) mass is 340 g/mol. The molecule has 0 atom stereocenters. The summed E-state index contributed by atoms with van der Waals surface area (Å²) in [7, 11) is 1.66. The van der Waals surface area contributed by atoms with Gasteiger partial charge in [-0.05, 0) is 37.0 Å². The van der Waals surface area contributed by atoms with Crippen molar-refractivity contribution < 1.29 is 9.53 Å². The van der Waals surface area contributed by atoms with Crippen LogP contribution in [-0.4, -0.2) is 35.6 Å². The van der Waals surface area contributed by atoms with Gasteiger partial charge in [0.2, 0.25) is 0 Å². The van der Waals surface area contributed by atoms with E-state index in [1.165, 1.54) is 24.7 Å². The summed E-state index contributed by atoms with van der Waals surface area (Å²) in [6, 6.07) is 9.98. The highest BCUT2D eigenvalue weighted by atomic mass is 16.5. The van der Waals surface area contributed by atoms with Gasteiger partial charge in [0.1, 0.15) is 23.6 Å². The number of methoxy groups -OCH3 is 1. The van der Waals surface area contributed by atoms with Crippen LogP contribution in [0.5, 0.6) is 5.75 Å². The highest BCUT2D eigenvalue weighted by Gasteiger charge is 2.18. The zero-order valence-electron chi connectivity index (χ0n) is 14.5. The minimum absolute atomic E-state index is 0.118. The molecule has 1 aromatic heterocycles. The minimum atomic E-state index is -0.118. The van der Waals surface area contributed by atoms with Crippen molar-refractivity contribution in [3.05, 3.63) is 47.9 Å². The van der Waals surface area contributed by atoms with Crippen LogP contribution in [0.15, 0.2) is 36.7 Å². The zero-order chi connectivity index (χ0) is 17.5. The van der Waals surface area contributed by atoms with Gasteiger partial charge in [-0.25, -0.2) is 9.97 Å². The third-order valence-corrected chi connectivity index (χ3v) is 4.47. The number of hydrogen-bond donors (Lipinski definition) is 2. The van der Waals surface area contributed by atoms with Crippen LogP contribution in [0.3, 0.4) is 0 Å². The maximum absolute atomic E-state index is 12.3. The van der Waals surface area contributed by atoms with Gasteiger partial charge in [0.25, 0.3) is 5.91 Å². The summed E-state index contributed by atoms with van der Waals surface area (Å²) >= 11 is 0. The van der Waals surface area contributed by atoms with E-state index >= 15 is 0 Å². The van der Waals surface area contributed by atoms with Crippen LogP contribution >= 0.6 is 0 Å². The molecule has 1 amide bonds. The second-order valence-corrected chi connectivity index (χ2v) is 6.27. The molecule has 0 unspecified atom stereocenters. The van der Waals surface area contributed by atoms with Crippen LogP contribution < -0.4 is 15.4 Å². The molecule has 0 radical (unpaired) electrons. The lowest BCUT2D eigenvalue weighted by Crippen LogP contribution is -2.33. The Morgan fingerprint density at radius 3 is 2.68 bits per heavy atom. The molecule has 0 saturated heterocycles. The van der Waals surface area contributed by atoms with Crippen molar-refractivity contribution in [3.8, 4) is 5.75 Å². The summed E-state index contributed by atoms with van der Waals surface area (Å²) in [4.78, 5) is 20.5. The lowest BCUT2D eigenvalue weighted by molar-refractivity contribution is 0.0932. The molecule has 1 saturated carbocycles. The van der Waals surface area contributed by atoms with Crippen LogP contribution in [0.1, 0.15) is 41.7 Å². The molecule has 0 aliphatic heterocycles. The predicted molar refractivity (Wildman–Crippen MR) is 96.9 cm³/mol. The van der Waals surface area contributed by atoms with E-state index < -0.39 is 0 Å². The van der Waals surface area contributed by atoms with E-state index in [-0.39, 0.29) is 11.9 Å².